The van der Waals surface area contributed by atoms with Crippen molar-refractivity contribution in [3.63, 3.8) is 0 Å². The second-order valence-corrected chi connectivity index (χ2v) is 6.67. The van der Waals surface area contributed by atoms with Crippen molar-refractivity contribution in [1.82, 2.24) is 15.5 Å². The third-order valence-corrected chi connectivity index (χ3v) is 4.31. The first-order valence-corrected chi connectivity index (χ1v) is 8.22. The lowest BCUT2D eigenvalue weighted by Gasteiger charge is -2.13. The van der Waals surface area contributed by atoms with Crippen molar-refractivity contribution in [1.29, 1.82) is 0 Å². The Labute approximate surface area is 136 Å². The summed E-state index contributed by atoms with van der Waals surface area (Å²) in [5.74, 6) is 1.69. The van der Waals surface area contributed by atoms with Crippen molar-refractivity contribution in [3.05, 3.63) is 47.2 Å². The van der Waals surface area contributed by atoms with Gasteiger partial charge in [0.1, 0.15) is 6.04 Å². The molecule has 0 saturated heterocycles. The van der Waals surface area contributed by atoms with Crippen LogP contribution in [0.15, 0.2) is 28.7 Å². The van der Waals surface area contributed by atoms with Crippen molar-refractivity contribution in [2.75, 3.05) is 0 Å². The van der Waals surface area contributed by atoms with E-state index in [4.69, 9.17) is 4.42 Å². The molecule has 2 aromatic rings. The predicted octanol–water partition coefficient (Wildman–Crippen LogP) is 3.18. The quantitative estimate of drug-likeness (QED) is 0.920. The van der Waals surface area contributed by atoms with E-state index in [2.05, 4.69) is 39.8 Å². The van der Waals surface area contributed by atoms with Gasteiger partial charge in [-0.2, -0.15) is 0 Å². The van der Waals surface area contributed by atoms with Gasteiger partial charge in [0.25, 0.3) is 0 Å². The number of nitrogens with zero attached hydrogens (tertiary/aromatic N) is 2. The Morgan fingerprint density at radius 1 is 1.17 bits per heavy atom. The predicted molar refractivity (Wildman–Crippen MR) is 86.9 cm³/mol. The fraction of sp³-hybridized carbons (Fsp3) is 0.500. The van der Waals surface area contributed by atoms with Crippen LogP contribution in [0.2, 0.25) is 0 Å². The van der Waals surface area contributed by atoms with Crippen molar-refractivity contribution < 1.29 is 9.21 Å². The summed E-state index contributed by atoms with van der Waals surface area (Å²) in [4.78, 5) is 12.3. The molecule has 5 heteroatoms. The summed E-state index contributed by atoms with van der Waals surface area (Å²) in [7, 11) is 0. The zero-order valence-corrected chi connectivity index (χ0v) is 13.9. The molecule has 3 rings (SSSR count). The van der Waals surface area contributed by atoms with E-state index in [0.717, 1.165) is 12.8 Å². The zero-order chi connectivity index (χ0) is 16.4. The van der Waals surface area contributed by atoms with Gasteiger partial charge in [-0.25, -0.2) is 0 Å². The van der Waals surface area contributed by atoms with Crippen LogP contribution in [0.1, 0.15) is 62.1 Å². The lowest BCUT2D eigenvalue weighted by Crippen LogP contribution is -2.28. The number of hydrogen-bond donors (Lipinski definition) is 1. The Balaban J connectivity index is 1.53. The summed E-state index contributed by atoms with van der Waals surface area (Å²) in [6.45, 7) is 5.87. The molecule has 0 radical (unpaired) electrons. The van der Waals surface area contributed by atoms with Crippen LogP contribution in [-0.2, 0) is 17.6 Å². The smallest absolute Gasteiger partial charge is 0.238 e. The van der Waals surface area contributed by atoms with Gasteiger partial charge in [-0.1, -0.05) is 38.1 Å². The molecule has 0 aliphatic heterocycles. The first kappa shape index (κ1) is 15.7. The molecule has 0 fully saturated rings. The standard InChI is InChI=1S/C18H23N3O2/c1-11(2)17-20-21-18(23-17)12(3)19-16(22)10-13-8-14-6-4-5-7-15(14)9-13/h4-7,11-13H,8-10H2,1-3H3,(H,19,22)/t12-/m0/s1. The summed E-state index contributed by atoms with van der Waals surface area (Å²) >= 11 is 0. The first-order valence-electron chi connectivity index (χ1n) is 8.22. The van der Waals surface area contributed by atoms with E-state index in [1.165, 1.54) is 11.1 Å². The molecule has 5 nitrogen and oxygen atoms in total. The highest BCUT2D eigenvalue weighted by Gasteiger charge is 2.24. The second kappa shape index (κ2) is 6.52. The SMILES string of the molecule is CC(C)c1nnc([C@H](C)NC(=O)CC2Cc3ccccc3C2)o1. The van der Waals surface area contributed by atoms with Gasteiger partial charge in [-0.15, -0.1) is 10.2 Å². The maximum Gasteiger partial charge on any atom is 0.238 e. The fourth-order valence-corrected chi connectivity index (χ4v) is 3.07. The Bertz CT molecular complexity index is 668. The Hall–Kier alpha value is -2.17. The Kier molecular flexibility index (Phi) is 4.46. The second-order valence-electron chi connectivity index (χ2n) is 6.67. The molecular formula is C18H23N3O2. The van der Waals surface area contributed by atoms with Gasteiger partial charge in [-0.3, -0.25) is 4.79 Å². The van der Waals surface area contributed by atoms with E-state index in [-0.39, 0.29) is 17.9 Å². The lowest BCUT2D eigenvalue weighted by atomic mass is 10.0. The molecule has 1 heterocycles. The number of aromatic nitrogens is 2. The molecular weight excluding hydrogens is 290 g/mol. The molecule has 1 amide bonds. The number of fused-ring (bicyclic) bond motifs is 1. The molecule has 1 aromatic carbocycles. The third kappa shape index (κ3) is 3.60. The molecule has 0 saturated carbocycles. The summed E-state index contributed by atoms with van der Waals surface area (Å²) in [6.07, 6.45) is 2.50. The lowest BCUT2D eigenvalue weighted by molar-refractivity contribution is -0.122. The average Bonchev–Trinajstić information content (AvgIpc) is 3.13. The van der Waals surface area contributed by atoms with Gasteiger partial charge in [0.2, 0.25) is 17.7 Å². The minimum absolute atomic E-state index is 0.0413. The number of benzene rings is 1. The van der Waals surface area contributed by atoms with Crippen LogP contribution in [0.3, 0.4) is 0 Å². The highest BCUT2D eigenvalue weighted by Crippen LogP contribution is 2.28. The van der Waals surface area contributed by atoms with Crippen LogP contribution in [0.25, 0.3) is 0 Å². The minimum Gasteiger partial charge on any atom is -0.423 e. The molecule has 1 atom stereocenters. The van der Waals surface area contributed by atoms with Crippen LogP contribution in [0, 0.1) is 5.92 Å². The number of hydrogen-bond acceptors (Lipinski definition) is 4. The highest BCUT2D eigenvalue weighted by atomic mass is 16.4. The van der Waals surface area contributed by atoms with E-state index >= 15 is 0 Å². The van der Waals surface area contributed by atoms with Crippen molar-refractivity contribution in [2.45, 2.75) is 52.0 Å². The number of amides is 1. The largest absolute Gasteiger partial charge is 0.423 e. The number of rotatable bonds is 5. The Morgan fingerprint density at radius 2 is 1.78 bits per heavy atom. The number of nitrogens with one attached hydrogen (secondary N) is 1. The van der Waals surface area contributed by atoms with E-state index in [9.17, 15) is 4.79 Å². The normalized spacial score (nSPS) is 15.7. The van der Waals surface area contributed by atoms with Crippen LogP contribution in [0.4, 0.5) is 0 Å². The van der Waals surface area contributed by atoms with Gasteiger partial charge in [0.05, 0.1) is 0 Å². The van der Waals surface area contributed by atoms with Crippen molar-refractivity contribution in [2.24, 2.45) is 5.92 Å². The van der Waals surface area contributed by atoms with E-state index in [1.807, 2.05) is 20.8 Å². The van der Waals surface area contributed by atoms with Crippen LogP contribution >= 0.6 is 0 Å². The van der Waals surface area contributed by atoms with Crippen molar-refractivity contribution in [3.8, 4) is 0 Å². The molecule has 1 aliphatic carbocycles. The summed E-state index contributed by atoms with van der Waals surface area (Å²) in [5.41, 5.74) is 2.74. The zero-order valence-electron chi connectivity index (χ0n) is 13.9. The topological polar surface area (TPSA) is 68.0 Å². The van der Waals surface area contributed by atoms with Crippen LogP contribution < -0.4 is 5.32 Å². The fourth-order valence-electron chi connectivity index (χ4n) is 3.07. The molecule has 0 spiro atoms. The number of carbonyl (C=O) groups excluding carboxylic acids is 1. The monoisotopic (exact) mass is 313 g/mol. The van der Waals surface area contributed by atoms with Gasteiger partial charge in [0.15, 0.2) is 0 Å². The van der Waals surface area contributed by atoms with E-state index in [1.54, 1.807) is 0 Å². The average molecular weight is 313 g/mol. The summed E-state index contributed by atoms with van der Waals surface area (Å²) in [6, 6.07) is 8.17. The maximum atomic E-state index is 12.3. The van der Waals surface area contributed by atoms with Crippen molar-refractivity contribution >= 4 is 5.91 Å². The third-order valence-electron chi connectivity index (χ3n) is 4.31. The maximum absolute atomic E-state index is 12.3. The van der Waals surface area contributed by atoms with Gasteiger partial charge >= 0.3 is 0 Å². The molecule has 1 aliphatic rings. The molecule has 0 unspecified atom stereocenters. The van der Waals surface area contributed by atoms with Crippen LogP contribution in [-0.4, -0.2) is 16.1 Å². The van der Waals surface area contributed by atoms with E-state index < -0.39 is 0 Å². The van der Waals surface area contributed by atoms with Gasteiger partial charge in [0, 0.05) is 12.3 Å². The molecule has 1 aromatic heterocycles. The van der Waals surface area contributed by atoms with Gasteiger partial charge < -0.3 is 9.73 Å². The summed E-state index contributed by atoms with van der Waals surface area (Å²) in [5, 5.41) is 11.0. The Morgan fingerprint density at radius 3 is 2.35 bits per heavy atom. The van der Waals surface area contributed by atoms with Gasteiger partial charge in [-0.05, 0) is 36.8 Å². The summed E-state index contributed by atoms with van der Waals surface area (Å²) < 4.78 is 5.59. The molecule has 122 valence electrons. The minimum atomic E-state index is -0.258. The van der Waals surface area contributed by atoms with Crippen LogP contribution in [0.5, 0.6) is 0 Å². The highest BCUT2D eigenvalue weighted by molar-refractivity contribution is 5.76. The first-order chi connectivity index (χ1) is 11.0. The van der Waals surface area contributed by atoms with E-state index in [0.29, 0.717) is 24.1 Å². The molecule has 0 bridgehead atoms. The molecule has 23 heavy (non-hydrogen) atoms. The number of carbonyl (C=O) groups is 1. The molecule has 1 N–H and O–H groups in total.